The Hall–Kier alpha value is -2.28. The van der Waals surface area contributed by atoms with E-state index in [-0.39, 0.29) is 23.1 Å². The summed E-state index contributed by atoms with van der Waals surface area (Å²) in [6, 6.07) is 2.47. The van der Waals surface area contributed by atoms with Crippen LogP contribution < -0.4 is 10.1 Å². The highest BCUT2D eigenvalue weighted by molar-refractivity contribution is 5.93. The van der Waals surface area contributed by atoms with E-state index in [1.807, 2.05) is 0 Å². The van der Waals surface area contributed by atoms with Crippen molar-refractivity contribution in [3.8, 4) is 11.5 Å². The third kappa shape index (κ3) is 2.92. The molecule has 1 fully saturated rings. The van der Waals surface area contributed by atoms with Gasteiger partial charge in [-0.3, -0.25) is 4.79 Å². The molecule has 1 aromatic carbocycles. The van der Waals surface area contributed by atoms with Crippen molar-refractivity contribution < 1.29 is 29.3 Å². The topological polar surface area (TPSA) is 105 Å². The van der Waals surface area contributed by atoms with Crippen molar-refractivity contribution in [1.82, 2.24) is 5.32 Å². The number of nitrogens with one attached hydrogen (secondary N) is 1. The summed E-state index contributed by atoms with van der Waals surface area (Å²) in [4.78, 5) is 22.7. The number of hydrogen-bond acceptors (Lipinski definition) is 6. The summed E-state index contributed by atoms with van der Waals surface area (Å²) in [5.41, 5.74) is 0.647. The van der Waals surface area contributed by atoms with Crippen molar-refractivity contribution in [2.45, 2.75) is 12.5 Å². The van der Waals surface area contributed by atoms with Gasteiger partial charge in [0, 0.05) is 24.2 Å². The van der Waals surface area contributed by atoms with Crippen LogP contribution in [0.5, 0.6) is 11.5 Å². The van der Waals surface area contributed by atoms with E-state index in [9.17, 15) is 14.7 Å². The van der Waals surface area contributed by atoms with Gasteiger partial charge in [0.05, 0.1) is 20.1 Å². The number of carboxylic acids is 1. The molecule has 1 aliphatic heterocycles. The van der Waals surface area contributed by atoms with Crippen molar-refractivity contribution in [3.05, 3.63) is 23.3 Å². The summed E-state index contributed by atoms with van der Waals surface area (Å²) in [5, 5.41) is 22.1. The van der Waals surface area contributed by atoms with E-state index >= 15 is 0 Å². The fourth-order valence-corrected chi connectivity index (χ4v) is 2.46. The zero-order valence-electron chi connectivity index (χ0n) is 11.8. The average molecular weight is 295 g/mol. The number of aromatic hydroxyl groups is 1. The van der Waals surface area contributed by atoms with Gasteiger partial charge in [-0.25, -0.2) is 4.79 Å². The lowest BCUT2D eigenvalue weighted by atomic mass is 9.97. The quantitative estimate of drug-likeness (QED) is 0.709. The SMILES string of the molecule is COC(=O)c1cc(C2CC(C(=O)O)CN2)c(O)cc1OC. The molecule has 7 heteroatoms. The van der Waals surface area contributed by atoms with Crippen molar-refractivity contribution in [2.75, 3.05) is 20.8 Å². The largest absolute Gasteiger partial charge is 0.507 e. The number of phenolic OH excluding ortho intramolecular Hbond substituents is 1. The number of carboxylic acid groups (broad SMARTS) is 1. The van der Waals surface area contributed by atoms with Crippen molar-refractivity contribution in [1.29, 1.82) is 0 Å². The number of phenols is 1. The highest BCUT2D eigenvalue weighted by Crippen LogP contribution is 2.37. The van der Waals surface area contributed by atoms with Crippen LogP contribution in [0.2, 0.25) is 0 Å². The molecule has 1 aromatic rings. The van der Waals surface area contributed by atoms with Gasteiger partial charge in [-0.15, -0.1) is 0 Å². The lowest BCUT2D eigenvalue weighted by Crippen LogP contribution is -2.17. The molecule has 21 heavy (non-hydrogen) atoms. The number of ether oxygens (including phenoxy) is 2. The molecule has 1 aliphatic rings. The van der Waals surface area contributed by atoms with Gasteiger partial charge in [0.25, 0.3) is 0 Å². The minimum Gasteiger partial charge on any atom is -0.507 e. The molecule has 2 unspecified atom stereocenters. The summed E-state index contributed by atoms with van der Waals surface area (Å²) in [6.07, 6.45) is 0.343. The lowest BCUT2D eigenvalue weighted by molar-refractivity contribution is -0.141. The number of aliphatic carboxylic acids is 1. The number of esters is 1. The molecule has 114 valence electrons. The van der Waals surface area contributed by atoms with Crippen LogP contribution in [0.3, 0.4) is 0 Å². The first-order valence-electron chi connectivity index (χ1n) is 6.43. The second kappa shape index (κ2) is 6.01. The zero-order chi connectivity index (χ0) is 15.6. The van der Waals surface area contributed by atoms with E-state index in [1.165, 1.54) is 26.4 Å². The molecule has 2 rings (SSSR count). The molecule has 0 amide bonds. The van der Waals surface area contributed by atoms with Crippen LogP contribution in [0.15, 0.2) is 12.1 Å². The normalized spacial score (nSPS) is 21.0. The van der Waals surface area contributed by atoms with Gasteiger partial charge in [0.15, 0.2) is 0 Å². The lowest BCUT2D eigenvalue weighted by Gasteiger charge is -2.16. The summed E-state index contributed by atoms with van der Waals surface area (Å²) < 4.78 is 9.73. The fraction of sp³-hybridized carbons (Fsp3) is 0.429. The Labute approximate surface area is 121 Å². The first kappa shape index (κ1) is 15.1. The van der Waals surface area contributed by atoms with Gasteiger partial charge in [0.1, 0.15) is 17.1 Å². The summed E-state index contributed by atoms with van der Waals surface area (Å²) in [5.74, 6) is -1.83. The Balaban J connectivity index is 2.36. The predicted octanol–water partition coefficient (Wildman–Crippen LogP) is 0.923. The Morgan fingerprint density at radius 1 is 1.33 bits per heavy atom. The summed E-state index contributed by atoms with van der Waals surface area (Å²) >= 11 is 0. The average Bonchev–Trinajstić information content (AvgIpc) is 2.95. The van der Waals surface area contributed by atoms with E-state index < -0.39 is 17.9 Å². The van der Waals surface area contributed by atoms with Crippen molar-refractivity contribution in [3.63, 3.8) is 0 Å². The monoisotopic (exact) mass is 295 g/mol. The third-order valence-electron chi connectivity index (χ3n) is 3.61. The van der Waals surface area contributed by atoms with E-state index in [4.69, 9.17) is 9.84 Å². The minimum atomic E-state index is -0.883. The molecule has 7 nitrogen and oxygen atoms in total. The molecular weight excluding hydrogens is 278 g/mol. The summed E-state index contributed by atoms with van der Waals surface area (Å²) in [7, 11) is 2.64. The molecule has 1 saturated heterocycles. The Bertz CT molecular complexity index is 571. The molecule has 2 atom stereocenters. The van der Waals surface area contributed by atoms with Gasteiger partial charge in [-0.1, -0.05) is 0 Å². The van der Waals surface area contributed by atoms with Gasteiger partial charge < -0.3 is 25.0 Å². The van der Waals surface area contributed by atoms with Crippen LogP contribution in [-0.4, -0.2) is 42.9 Å². The van der Waals surface area contributed by atoms with Crippen molar-refractivity contribution >= 4 is 11.9 Å². The first-order valence-corrected chi connectivity index (χ1v) is 6.43. The van der Waals surface area contributed by atoms with Crippen LogP contribution in [0, 0.1) is 5.92 Å². The van der Waals surface area contributed by atoms with Crippen LogP contribution in [0.25, 0.3) is 0 Å². The van der Waals surface area contributed by atoms with Gasteiger partial charge in [-0.2, -0.15) is 0 Å². The van der Waals surface area contributed by atoms with Gasteiger partial charge in [-0.05, 0) is 12.5 Å². The number of carbonyl (C=O) groups is 2. The van der Waals surface area contributed by atoms with E-state index in [1.54, 1.807) is 0 Å². The fourth-order valence-electron chi connectivity index (χ4n) is 2.46. The number of carbonyl (C=O) groups excluding carboxylic acids is 1. The smallest absolute Gasteiger partial charge is 0.341 e. The predicted molar refractivity (Wildman–Crippen MR) is 72.5 cm³/mol. The number of benzene rings is 1. The third-order valence-corrected chi connectivity index (χ3v) is 3.61. The highest BCUT2D eigenvalue weighted by Gasteiger charge is 2.32. The Morgan fingerprint density at radius 3 is 2.57 bits per heavy atom. The Morgan fingerprint density at radius 2 is 2.05 bits per heavy atom. The van der Waals surface area contributed by atoms with Gasteiger partial charge >= 0.3 is 11.9 Å². The second-order valence-corrected chi connectivity index (χ2v) is 4.83. The molecule has 0 aromatic heterocycles. The molecule has 0 radical (unpaired) electrons. The number of methoxy groups -OCH3 is 2. The van der Waals surface area contributed by atoms with E-state index in [2.05, 4.69) is 10.1 Å². The van der Waals surface area contributed by atoms with Crippen LogP contribution >= 0.6 is 0 Å². The van der Waals surface area contributed by atoms with Crippen LogP contribution in [-0.2, 0) is 9.53 Å². The first-order chi connectivity index (χ1) is 9.97. The maximum Gasteiger partial charge on any atom is 0.341 e. The molecule has 0 saturated carbocycles. The minimum absolute atomic E-state index is 0.0527. The van der Waals surface area contributed by atoms with Crippen LogP contribution in [0.4, 0.5) is 0 Å². The maximum absolute atomic E-state index is 11.7. The second-order valence-electron chi connectivity index (χ2n) is 4.83. The molecule has 1 heterocycles. The molecular formula is C14H17NO6. The molecule has 3 N–H and O–H groups in total. The maximum atomic E-state index is 11.7. The standard InChI is InChI=1S/C14H17NO6/c1-20-12-5-11(16)8(4-9(12)14(19)21-2)10-3-7(6-15-10)13(17)18/h4-5,7,10,15-16H,3,6H2,1-2H3,(H,17,18). The molecule has 0 bridgehead atoms. The van der Waals surface area contributed by atoms with E-state index in [0.717, 1.165) is 0 Å². The Kier molecular flexibility index (Phi) is 4.32. The number of rotatable bonds is 4. The summed E-state index contributed by atoms with van der Waals surface area (Å²) in [6.45, 7) is 0.318. The number of hydrogen-bond donors (Lipinski definition) is 3. The van der Waals surface area contributed by atoms with Crippen molar-refractivity contribution in [2.24, 2.45) is 5.92 Å². The highest BCUT2D eigenvalue weighted by atomic mass is 16.5. The molecule has 0 spiro atoms. The molecule has 0 aliphatic carbocycles. The van der Waals surface area contributed by atoms with Gasteiger partial charge in [0.2, 0.25) is 0 Å². The van der Waals surface area contributed by atoms with Crippen LogP contribution in [0.1, 0.15) is 28.4 Å². The van der Waals surface area contributed by atoms with E-state index in [0.29, 0.717) is 18.5 Å². The zero-order valence-corrected chi connectivity index (χ0v) is 11.8.